The summed E-state index contributed by atoms with van der Waals surface area (Å²) in [4.78, 5) is 45.3. The number of pyridine rings is 1. The van der Waals surface area contributed by atoms with Crippen molar-refractivity contribution in [3.63, 3.8) is 0 Å². The molecule has 3 aromatic carbocycles. The first kappa shape index (κ1) is 26.8. The molecule has 9 heteroatoms. The van der Waals surface area contributed by atoms with Crippen LogP contribution in [0.1, 0.15) is 35.6 Å². The van der Waals surface area contributed by atoms with E-state index in [-0.39, 0.29) is 23.4 Å². The van der Waals surface area contributed by atoms with Crippen LogP contribution < -0.4 is 20.9 Å². The van der Waals surface area contributed by atoms with Crippen LogP contribution in [-0.2, 0) is 11.3 Å². The second-order valence-corrected chi connectivity index (χ2v) is 10.3. The van der Waals surface area contributed by atoms with Crippen LogP contribution in [0.4, 0.5) is 16.2 Å². The molecule has 2 aliphatic heterocycles. The SMILES string of the molecule is COc1cc2ccc1[C@@H](C)CN(C)C(=O)Nc1cccc(c1)CN(C)C(=O)C2Nc1ccc2cc[nH]c(=O)c2c1. The number of methoxy groups -OCH3 is 1. The summed E-state index contributed by atoms with van der Waals surface area (Å²) in [6, 6.07) is 19.6. The van der Waals surface area contributed by atoms with Gasteiger partial charge in [0.2, 0.25) is 5.91 Å². The summed E-state index contributed by atoms with van der Waals surface area (Å²) in [5.74, 6) is 0.440. The number of hydrogen-bond donors (Lipinski definition) is 3. The van der Waals surface area contributed by atoms with E-state index in [9.17, 15) is 14.4 Å². The highest BCUT2D eigenvalue weighted by atomic mass is 16.5. The van der Waals surface area contributed by atoms with Crippen molar-refractivity contribution in [2.45, 2.75) is 25.4 Å². The van der Waals surface area contributed by atoms with Gasteiger partial charge in [0.15, 0.2) is 0 Å². The van der Waals surface area contributed by atoms with Crippen LogP contribution in [0, 0.1) is 0 Å². The maximum atomic E-state index is 14.0. The van der Waals surface area contributed by atoms with Gasteiger partial charge in [-0.25, -0.2) is 4.79 Å². The maximum absolute atomic E-state index is 14.0. The predicted molar refractivity (Wildman–Crippen MR) is 157 cm³/mol. The van der Waals surface area contributed by atoms with Gasteiger partial charge in [0.25, 0.3) is 5.56 Å². The molecular formula is C31H33N5O4. The summed E-state index contributed by atoms with van der Waals surface area (Å²) in [6.07, 6.45) is 1.62. The molecule has 3 heterocycles. The first-order valence-electron chi connectivity index (χ1n) is 13.2. The van der Waals surface area contributed by atoms with Crippen molar-refractivity contribution in [3.05, 3.63) is 100.0 Å². The molecule has 0 spiro atoms. The third-order valence-electron chi connectivity index (χ3n) is 7.32. The van der Waals surface area contributed by atoms with Crippen LogP contribution in [-0.4, -0.2) is 54.5 Å². The van der Waals surface area contributed by atoms with Crippen molar-refractivity contribution in [2.75, 3.05) is 38.4 Å². The third-order valence-corrected chi connectivity index (χ3v) is 7.32. The van der Waals surface area contributed by atoms with Gasteiger partial charge in [-0.05, 0) is 58.5 Å². The van der Waals surface area contributed by atoms with Gasteiger partial charge in [0.05, 0.1) is 7.11 Å². The zero-order chi connectivity index (χ0) is 28.4. The van der Waals surface area contributed by atoms with Gasteiger partial charge in [-0.2, -0.15) is 0 Å². The van der Waals surface area contributed by atoms with E-state index in [4.69, 9.17) is 4.74 Å². The Hall–Kier alpha value is -4.79. The van der Waals surface area contributed by atoms with E-state index < -0.39 is 6.04 Å². The van der Waals surface area contributed by atoms with Crippen LogP contribution in [0.15, 0.2) is 77.7 Å². The summed E-state index contributed by atoms with van der Waals surface area (Å²) < 4.78 is 5.76. The number of hydrogen-bond acceptors (Lipinski definition) is 5. The number of benzene rings is 3. The van der Waals surface area contributed by atoms with Crippen LogP contribution >= 0.6 is 0 Å². The predicted octanol–water partition coefficient (Wildman–Crippen LogP) is 4.93. The summed E-state index contributed by atoms with van der Waals surface area (Å²) in [6.45, 7) is 2.84. The highest BCUT2D eigenvalue weighted by Crippen LogP contribution is 2.33. The van der Waals surface area contributed by atoms with Gasteiger partial charge in [0, 0.05) is 56.1 Å². The van der Waals surface area contributed by atoms with Crippen LogP contribution in [0.5, 0.6) is 5.75 Å². The molecule has 6 rings (SSSR count). The molecule has 0 aliphatic carbocycles. The topological polar surface area (TPSA) is 107 Å². The minimum atomic E-state index is -0.748. The van der Waals surface area contributed by atoms with Crippen molar-refractivity contribution >= 4 is 34.1 Å². The monoisotopic (exact) mass is 539 g/mol. The average Bonchev–Trinajstić information content (AvgIpc) is 2.95. The molecule has 0 fully saturated rings. The highest BCUT2D eigenvalue weighted by molar-refractivity contribution is 5.90. The minimum Gasteiger partial charge on any atom is -0.496 e. The fourth-order valence-corrected chi connectivity index (χ4v) is 5.17. The summed E-state index contributed by atoms with van der Waals surface area (Å²) in [5, 5.41) is 7.68. The fourth-order valence-electron chi connectivity index (χ4n) is 5.17. The quantitative estimate of drug-likeness (QED) is 0.342. The average molecular weight is 540 g/mol. The lowest BCUT2D eigenvalue weighted by Crippen LogP contribution is -2.36. The number of nitrogens with one attached hydrogen (secondary N) is 3. The van der Waals surface area contributed by atoms with E-state index in [1.54, 1.807) is 43.3 Å². The number of aromatic nitrogens is 1. The Labute approximate surface area is 232 Å². The first-order chi connectivity index (χ1) is 19.2. The zero-order valence-electron chi connectivity index (χ0n) is 23.0. The van der Waals surface area contributed by atoms with Gasteiger partial charge in [0.1, 0.15) is 11.8 Å². The van der Waals surface area contributed by atoms with Crippen molar-refractivity contribution in [1.29, 1.82) is 0 Å². The van der Waals surface area contributed by atoms with Crippen molar-refractivity contribution < 1.29 is 14.3 Å². The van der Waals surface area contributed by atoms with Gasteiger partial charge in [-0.1, -0.05) is 37.3 Å². The van der Waals surface area contributed by atoms with Crippen LogP contribution in [0.25, 0.3) is 10.8 Å². The number of ether oxygens (including phenoxy) is 1. The van der Waals surface area contributed by atoms with E-state index in [1.807, 2.05) is 67.6 Å². The standard InChI is InChI=1S/C31H33N5O4/c1-19-17-36(3)31(39)34-23-7-5-6-20(14-23)18-35(2)30(38)28(22-9-11-25(19)27(15-22)40-4)33-24-10-8-21-12-13-32-29(37)26(21)16-24/h5-16,19,28,33H,17-18H2,1-4H3,(H,32,37)(H,34,39)/t19-,28?/m0/s1. The number of nitrogens with zero attached hydrogens (tertiary/aromatic N) is 2. The van der Waals surface area contributed by atoms with Crippen LogP contribution in [0.3, 0.4) is 0 Å². The maximum Gasteiger partial charge on any atom is 0.321 e. The lowest BCUT2D eigenvalue weighted by molar-refractivity contribution is -0.131. The Kier molecular flexibility index (Phi) is 7.46. The summed E-state index contributed by atoms with van der Waals surface area (Å²) in [5.41, 5.74) is 3.63. The third kappa shape index (κ3) is 5.49. The smallest absolute Gasteiger partial charge is 0.321 e. The summed E-state index contributed by atoms with van der Waals surface area (Å²) >= 11 is 0. The van der Waals surface area contributed by atoms with E-state index in [0.29, 0.717) is 35.6 Å². The molecule has 1 aromatic heterocycles. The number of aromatic amines is 1. The molecule has 3 N–H and O–H groups in total. The van der Waals surface area contributed by atoms with Gasteiger partial charge in [-0.15, -0.1) is 0 Å². The number of urea groups is 1. The van der Waals surface area contributed by atoms with E-state index in [2.05, 4.69) is 15.6 Å². The van der Waals surface area contributed by atoms with Gasteiger partial charge in [-0.3, -0.25) is 9.59 Å². The minimum absolute atomic E-state index is 0.0315. The number of amides is 3. The molecule has 0 saturated carbocycles. The Morgan fingerprint density at radius 1 is 0.950 bits per heavy atom. The van der Waals surface area contributed by atoms with E-state index in [1.165, 1.54) is 0 Å². The molecule has 0 saturated heterocycles. The number of rotatable bonds is 3. The number of carbonyl (C=O) groups is 2. The molecule has 4 bridgehead atoms. The molecule has 2 atom stereocenters. The molecule has 9 nitrogen and oxygen atoms in total. The number of fused-ring (bicyclic) bond motifs is 10. The number of anilines is 2. The van der Waals surface area contributed by atoms with Crippen LogP contribution in [0.2, 0.25) is 0 Å². The highest BCUT2D eigenvalue weighted by Gasteiger charge is 2.27. The Balaban J connectivity index is 1.59. The molecule has 3 amide bonds. The number of likely N-dealkylation sites (N-methyl/N-ethyl adjacent to an activating group) is 2. The van der Waals surface area contributed by atoms with Crippen molar-refractivity contribution in [1.82, 2.24) is 14.8 Å². The lowest BCUT2D eigenvalue weighted by atomic mass is 9.95. The Morgan fingerprint density at radius 3 is 2.58 bits per heavy atom. The van der Waals surface area contributed by atoms with Gasteiger partial charge < -0.3 is 30.2 Å². The molecule has 2 aliphatic rings. The Morgan fingerprint density at radius 2 is 1.77 bits per heavy atom. The molecular weight excluding hydrogens is 506 g/mol. The molecule has 206 valence electrons. The second-order valence-electron chi connectivity index (χ2n) is 10.3. The fraction of sp³-hybridized carbons (Fsp3) is 0.258. The lowest BCUT2D eigenvalue weighted by Gasteiger charge is -2.28. The molecule has 4 aromatic rings. The van der Waals surface area contributed by atoms with Crippen molar-refractivity contribution in [2.24, 2.45) is 0 Å². The van der Waals surface area contributed by atoms with E-state index in [0.717, 1.165) is 22.1 Å². The summed E-state index contributed by atoms with van der Waals surface area (Å²) in [7, 11) is 5.11. The van der Waals surface area contributed by atoms with E-state index >= 15 is 0 Å². The molecule has 1 unspecified atom stereocenters. The normalized spacial score (nSPS) is 18.1. The number of H-pyrrole nitrogens is 1. The Bertz CT molecular complexity index is 1630. The second kappa shape index (κ2) is 11.1. The van der Waals surface area contributed by atoms with Gasteiger partial charge >= 0.3 is 6.03 Å². The first-order valence-corrected chi connectivity index (χ1v) is 13.2. The van der Waals surface area contributed by atoms with Crippen molar-refractivity contribution in [3.8, 4) is 5.75 Å². The molecule has 40 heavy (non-hydrogen) atoms. The number of carbonyl (C=O) groups excluding carboxylic acids is 2. The zero-order valence-corrected chi connectivity index (χ0v) is 23.0. The largest absolute Gasteiger partial charge is 0.496 e. The molecule has 0 radical (unpaired) electrons.